The number of fused-ring (bicyclic) bond motifs is 1. The number of nitrogens with zero attached hydrogens (tertiary/aromatic N) is 1. The lowest BCUT2D eigenvalue weighted by molar-refractivity contribution is -0.137. The lowest BCUT2D eigenvalue weighted by atomic mass is 9.78. The van der Waals surface area contributed by atoms with E-state index in [-0.39, 0.29) is 29.3 Å². The van der Waals surface area contributed by atoms with Crippen LogP contribution < -0.4 is 5.73 Å². The normalized spacial score (nSPS) is 28.8. The fourth-order valence-electron chi connectivity index (χ4n) is 3.70. The van der Waals surface area contributed by atoms with E-state index in [9.17, 15) is 21.6 Å². The van der Waals surface area contributed by atoms with Gasteiger partial charge in [-0.2, -0.15) is 17.5 Å². The Morgan fingerprint density at radius 2 is 1.92 bits per heavy atom. The molecule has 0 radical (unpaired) electrons. The molecule has 1 aliphatic carbocycles. The molecule has 1 saturated carbocycles. The summed E-state index contributed by atoms with van der Waals surface area (Å²) in [6.45, 7) is 0.572. The molecular weight excluding hydrogens is 365 g/mol. The molecule has 2 N–H and O–H groups in total. The minimum Gasteiger partial charge on any atom is -0.327 e. The average molecular weight is 383 g/mol. The molecular formula is C15H18ClF3N2O2S. The van der Waals surface area contributed by atoms with Crippen molar-refractivity contribution in [3.63, 3.8) is 0 Å². The zero-order valence-electron chi connectivity index (χ0n) is 12.8. The van der Waals surface area contributed by atoms with Gasteiger partial charge in [-0.1, -0.05) is 18.0 Å². The van der Waals surface area contributed by atoms with Gasteiger partial charge in [-0.15, -0.1) is 0 Å². The van der Waals surface area contributed by atoms with Crippen LogP contribution in [0.15, 0.2) is 23.1 Å². The summed E-state index contributed by atoms with van der Waals surface area (Å²) in [5.74, 6) is 0.251. The molecule has 2 fully saturated rings. The van der Waals surface area contributed by atoms with Crippen molar-refractivity contribution in [3.8, 4) is 0 Å². The first-order chi connectivity index (χ1) is 11.1. The largest absolute Gasteiger partial charge is 0.417 e. The first-order valence-electron chi connectivity index (χ1n) is 7.73. The highest BCUT2D eigenvalue weighted by Crippen LogP contribution is 2.40. The van der Waals surface area contributed by atoms with Crippen LogP contribution in [0.1, 0.15) is 24.8 Å². The van der Waals surface area contributed by atoms with E-state index in [0.717, 1.165) is 31.4 Å². The Balaban J connectivity index is 1.92. The van der Waals surface area contributed by atoms with Crippen LogP contribution in [-0.4, -0.2) is 31.9 Å². The Morgan fingerprint density at radius 1 is 1.21 bits per heavy atom. The molecule has 24 heavy (non-hydrogen) atoms. The summed E-state index contributed by atoms with van der Waals surface area (Å²) in [4.78, 5) is -0.383. The second-order valence-electron chi connectivity index (χ2n) is 6.48. The molecule has 1 aromatic carbocycles. The number of alkyl halides is 3. The van der Waals surface area contributed by atoms with Crippen LogP contribution >= 0.6 is 11.6 Å². The summed E-state index contributed by atoms with van der Waals surface area (Å²) in [6, 6.07) is 2.65. The average Bonchev–Trinajstić information content (AvgIpc) is 2.92. The van der Waals surface area contributed by atoms with Crippen molar-refractivity contribution in [2.75, 3.05) is 13.1 Å². The van der Waals surface area contributed by atoms with Gasteiger partial charge in [0, 0.05) is 19.1 Å². The number of hydrogen-bond donors (Lipinski definition) is 1. The van der Waals surface area contributed by atoms with Crippen molar-refractivity contribution in [1.29, 1.82) is 0 Å². The summed E-state index contributed by atoms with van der Waals surface area (Å²) < 4.78 is 65.7. The van der Waals surface area contributed by atoms with E-state index >= 15 is 0 Å². The van der Waals surface area contributed by atoms with E-state index < -0.39 is 26.8 Å². The number of nitrogens with two attached hydrogens (primary N) is 1. The summed E-state index contributed by atoms with van der Waals surface area (Å²) in [5.41, 5.74) is 4.94. The fourth-order valence-corrected chi connectivity index (χ4v) is 5.49. The van der Waals surface area contributed by atoms with Crippen LogP contribution in [0.4, 0.5) is 13.2 Å². The molecule has 9 heteroatoms. The minimum absolute atomic E-state index is 0.0556. The molecule has 0 spiro atoms. The zero-order chi connectivity index (χ0) is 17.7. The predicted octanol–water partition coefficient (Wildman–Crippen LogP) is 3.11. The van der Waals surface area contributed by atoms with Crippen LogP contribution in [0.3, 0.4) is 0 Å². The van der Waals surface area contributed by atoms with Crippen LogP contribution in [0.5, 0.6) is 0 Å². The number of hydrogen-bond acceptors (Lipinski definition) is 3. The quantitative estimate of drug-likeness (QED) is 0.854. The molecule has 4 nitrogen and oxygen atoms in total. The molecule has 0 amide bonds. The highest BCUT2D eigenvalue weighted by atomic mass is 35.5. The molecule has 1 saturated heterocycles. The van der Waals surface area contributed by atoms with Crippen LogP contribution in [0.2, 0.25) is 5.02 Å². The maximum Gasteiger partial charge on any atom is 0.417 e. The van der Waals surface area contributed by atoms with Gasteiger partial charge in [0.2, 0.25) is 10.0 Å². The summed E-state index contributed by atoms with van der Waals surface area (Å²) >= 11 is 5.56. The number of halogens is 4. The minimum atomic E-state index is -4.70. The van der Waals surface area contributed by atoms with E-state index in [2.05, 4.69) is 0 Å². The highest BCUT2D eigenvalue weighted by molar-refractivity contribution is 7.89. The van der Waals surface area contributed by atoms with Crippen molar-refractivity contribution in [2.45, 2.75) is 36.4 Å². The molecule has 3 unspecified atom stereocenters. The Bertz CT molecular complexity index is 739. The van der Waals surface area contributed by atoms with Gasteiger partial charge in [-0.05, 0) is 42.9 Å². The zero-order valence-corrected chi connectivity index (χ0v) is 14.3. The van der Waals surface area contributed by atoms with Crippen LogP contribution in [0.25, 0.3) is 0 Å². The molecule has 1 heterocycles. The molecule has 0 bridgehead atoms. The maximum absolute atomic E-state index is 13.0. The third kappa shape index (κ3) is 3.16. The van der Waals surface area contributed by atoms with Gasteiger partial charge in [-0.25, -0.2) is 8.42 Å². The van der Waals surface area contributed by atoms with Gasteiger partial charge >= 0.3 is 6.18 Å². The lowest BCUT2D eigenvalue weighted by Crippen LogP contribution is -2.38. The Kier molecular flexibility index (Phi) is 4.61. The summed E-state index contributed by atoms with van der Waals surface area (Å²) in [6.07, 6.45) is -1.99. The summed E-state index contributed by atoms with van der Waals surface area (Å²) in [5, 5.41) is -0.515. The highest BCUT2D eigenvalue weighted by Gasteiger charge is 2.44. The van der Waals surface area contributed by atoms with Crippen molar-refractivity contribution in [3.05, 3.63) is 28.8 Å². The molecule has 1 aliphatic heterocycles. The third-order valence-corrected chi connectivity index (χ3v) is 7.16. The predicted molar refractivity (Wildman–Crippen MR) is 84.0 cm³/mol. The van der Waals surface area contributed by atoms with E-state index in [0.29, 0.717) is 12.6 Å². The SMILES string of the molecule is NC1CCCC2CN(S(=O)(=O)c3ccc(Cl)c(C(F)(F)F)c3)CC12. The van der Waals surface area contributed by atoms with Crippen molar-refractivity contribution < 1.29 is 21.6 Å². The molecule has 1 aromatic rings. The molecule has 2 aliphatic rings. The van der Waals surface area contributed by atoms with E-state index in [1.807, 2.05) is 0 Å². The van der Waals surface area contributed by atoms with E-state index in [4.69, 9.17) is 17.3 Å². The van der Waals surface area contributed by atoms with E-state index in [1.165, 1.54) is 4.31 Å². The van der Waals surface area contributed by atoms with Crippen molar-refractivity contribution >= 4 is 21.6 Å². The van der Waals surface area contributed by atoms with Crippen molar-refractivity contribution in [2.24, 2.45) is 17.6 Å². The van der Waals surface area contributed by atoms with E-state index in [1.54, 1.807) is 0 Å². The Labute approximate surface area is 143 Å². The lowest BCUT2D eigenvalue weighted by Gasteiger charge is -2.29. The first-order valence-corrected chi connectivity index (χ1v) is 9.55. The van der Waals surface area contributed by atoms with Crippen LogP contribution in [0, 0.1) is 11.8 Å². The monoisotopic (exact) mass is 382 g/mol. The van der Waals surface area contributed by atoms with Gasteiger partial charge in [0.25, 0.3) is 0 Å². The second kappa shape index (κ2) is 6.16. The van der Waals surface area contributed by atoms with Gasteiger partial charge in [0.15, 0.2) is 0 Å². The first kappa shape index (κ1) is 18.0. The molecule has 134 valence electrons. The fraction of sp³-hybridized carbons (Fsp3) is 0.600. The van der Waals surface area contributed by atoms with Gasteiger partial charge in [0.05, 0.1) is 15.5 Å². The van der Waals surface area contributed by atoms with Crippen molar-refractivity contribution in [1.82, 2.24) is 4.31 Å². The van der Waals surface area contributed by atoms with Gasteiger partial charge in [-0.3, -0.25) is 0 Å². The standard InChI is InChI=1S/C15H18ClF3N2O2S/c16-13-5-4-10(6-12(13)15(17,18)19)24(22,23)21-7-9-2-1-3-14(20)11(9)8-21/h4-6,9,11,14H,1-3,7-8,20H2. The van der Waals surface area contributed by atoms with Gasteiger partial charge < -0.3 is 5.73 Å². The topological polar surface area (TPSA) is 63.4 Å². The summed E-state index contributed by atoms with van der Waals surface area (Å²) in [7, 11) is -4.00. The number of rotatable bonds is 2. The van der Waals surface area contributed by atoms with Gasteiger partial charge in [0.1, 0.15) is 0 Å². The second-order valence-corrected chi connectivity index (χ2v) is 8.83. The number of benzene rings is 1. The molecule has 3 rings (SSSR count). The Hall–Kier alpha value is -0.830. The van der Waals surface area contributed by atoms with Crippen LogP contribution in [-0.2, 0) is 16.2 Å². The molecule has 0 aromatic heterocycles. The third-order valence-electron chi connectivity index (χ3n) is 5.00. The molecule has 3 atom stereocenters. The Morgan fingerprint density at radius 3 is 2.54 bits per heavy atom. The number of sulfonamides is 1. The maximum atomic E-state index is 13.0. The smallest absolute Gasteiger partial charge is 0.327 e.